The first-order valence-corrected chi connectivity index (χ1v) is 9.30. The second-order valence-electron chi connectivity index (χ2n) is 7.55. The van der Waals surface area contributed by atoms with Gasteiger partial charge in [-0.3, -0.25) is 14.6 Å². The molecule has 4 rings (SSSR count). The van der Waals surface area contributed by atoms with Crippen LogP contribution in [0.4, 0.5) is 0 Å². The van der Waals surface area contributed by atoms with Crippen molar-refractivity contribution in [3.8, 4) is 0 Å². The van der Waals surface area contributed by atoms with E-state index in [1.54, 1.807) is 24.5 Å². The summed E-state index contributed by atoms with van der Waals surface area (Å²) >= 11 is 0. The van der Waals surface area contributed by atoms with Crippen molar-refractivity contribution in [1.29, 1.82) is 0 Å². The van der Waals surface area contributed by atoms with Gasteiger partial charge < -0.3 is 15.0 Å². The van der Waals surface area contributed by atoms with Gasteiger partial charge in [0.1, 0.15) is 6.10 Å². The van der Waals surface area contributed by atoms with E-state index in [4.69, 9.17) is 4.74 Å². The van der Waals surface area contributed by atoms with Crippen molar-refractivity contribution in [2.45, 2.75) is 50.2 Å². The molecule has 1 saturated carbocycles. The summed E-state index contributed by atoms with van der Waals surface area (Å²) in [6.07, 6.45) is 8.71. The van der Waals surface area contributed by atoms with E-state index in [-0.39, 0.29) is 23.5 Å². The van der Waals surface area contributed by atoms with E-state index in [9.17, 15) is 9.59 Å². The highest BCUT2D eigenvalue weighted by molar-refractivity contribution is 5.93. The van der Waals surface area contributed by atoms with Gasteiger partial charge in [0.05, 0.1) is 11.2 Å². The van der Waals surface area contributed by atoms with Gasteiger partial charge in [-0.2, -0.15) is 0 Å². The van der Waals surface area contributed by atoms with Crippen molar-refractivity contribution < 1.29 is 14.3 Å². The van der Waals surface area contributed by atoms with E-state index in [2.05, 4.69) is 10.3 Å². The molecule has 1 atom stereocenters. The van der Waals surface area contributed by atoms with Crippen LogP contribution < -0.4 is 5.32 Å². The molecule has 0 unspecified atom stereocenters. The molecular formula is C19H25N3O3. The van der Waals surface area contributed by atoms with Crippen molar-refractivity contribution in [3.05, 3.63) is 30.1 Å². The van der Waals surface area contributed by atoms with E-state index in [1.807, 2.05) is 4.90 Å². The summed E-state index contributed by atoms with van der Waals surface area (Å²) < 4.78 is 6.18. The van der Waals surface area contributed by atoms with Gasteiger partial charge in [0.15, 0.2) is 0 Å². The monoisotopic (exact) mass is 343 g/mol. The molecule has 1 aromatic heterocycles. The van der Waals surface area contributed by atoms with Gasteiger partial charge in [0, 0.05) is 32.0 Å². The maximum absolute atomic E-state index is 12.5. The van der Waals surface area contributed by atoms with Crippen LogP contribution in [0.3, 0.4) is 0 Å². The zero-order valence-corrected chi connectivity index (χ0v) is 14.4. The first kappa shape index (κ1) is 16.5. The minimum Gasteiger partial charge on any atom is -0.362 e. The first-order chi connectivity index (χ1) is 12.2. The third-order valence-corrected chi connectivity index (χ3v) is 5.68. The maximum Gasteiger partial charge on any atom is 0.255 e. The number of likely N-dealkylation sites (tertiary alicyclic amines) is 1. The van der Waals surface area contributed by atoms with Crippen LogP contribution in [-0.4, -0.2) is 53.0 Å². The zero-order chi connectivity index (χ0) is 17.3. The molecule has 2 aliphatic heterocycles. The highest BCUT2D eigenvalue weighted by atomic mass is 16.5. The Morgan fingerprint density at radius 3 is 2.72 bits per heavy atom. The minimum atomic E-state index is -0.320. The lowest BCUT2D eigenvalue weighted by Gasteiger charge is -2.39. The van der Waals surface area contributed by atoms with Gasteiger partial charge in [-0.05, 0) is 56.6 Å². The molecule has 1 spiro atoms. The van der Waals surface area contributed by atoms with Gasteiger partial charge in [0.2, 0.25) is 5.91 Å². The summed E-state index contributed by atoms with van der Waals surface area (Å²) in [5, 5.41) is 3.02. The number of carbonyl (C=O) groups excluding carboxylic acids is 2. The minimum absolute atomic E-state index is 0.0275. The molecule has 1 N–H and O–H groups in total. The first-order valence-electron chi connectivity index (χ1n) is 9.30. The molecule has 25 heavy (non-hydrogen) atoms. The Morgan fingerprint density at radius 2 is 2.04 bits per heavy atom. The van der Waals surface area contributed by atoms with Crippen LogP contribution in [0.2, 0.25) is 0 Å². The van der Waals surface area contributed by atoms with Gasteiger partial charge in [0.25, 0.3) is 5.91 Å². The molecule has 3 fully saturated rings. The van der Waals surface area contributed by atoms with Crippen molar-refractivity contribution in [3.63, 3.8) is 0 Å². The summed E-state index contributed by atoms with van der Waals surface area (Å²) in [6.45, 7) is 2.13. The molecule has 3 heterocycles. The number of nitrogens with zero attached hydrogens (tertiary/aromatic N) is 2. The van der Waals surface area contributed by atoms with Gasteiger partial charge in [-0.1, -0.05) is 0 Å². The van der Waals surface area contributed by atoms with Gasteiger partial charge in [-0.25, -0.2) is 0 Å². The van der Waals surface area contributed by atoms with E-state index < -0.39 is 0 Å². The Bertz CT molecular complexity index is 637. The van der Waals surface area contributed by atoms with Crippen LogP contribution in [0, 0.1) is 5.92 Å². The quantitative estimate of drug-likeness (QED) is 0.904. The number of hydrogen-bond donors (Lipinski definition) is 1. The third-order valence-electron chi connectivity index (χ3n) is 5.68. The summed E-state index contributed by atoms with van der Waals surface area (Å²) in [7, 11) is 0. The van der Waals surface area contributed by atoms with Crippen LogP contribution >= 0.6 is 0 Å². The Kier molecular flexibility index (Phi) is 4.46. The lowest BCUT2D eigenvalue weighted by atomic mass is 9.88. The molecule has 2 saturated heterocycles. The summed E-state index contributed by atoms with van der Waals surface area (Å²) in [6, 6.07) is 3.58. The van der Waals surface area contributed by atoms with E-state index in [0.29, 0.717) is 24.6 Å². The lowest BCUT2D eigenvalue weighted by molar-refractivity contribution is -0.140. The topological polar surface area (TPSA) is 71.5 Å². The van der Waals surface area contributed by atoms with Crippen LogP contribution in [0.25, 0.3) is 0 Å². The summed E-state index contributed by atoms with van der Waals surface area (Å²) in [4.78, 5) is 30.7. The Balaban J connectivity index is 1.29. The number of aromatic nitrogens is 1. The summed E-state index contributed by atoms with van der Waals surface area (Å²) in [5.74, 6) is 0.748. The molecule has 6 heteroatoms. The molecule has 1 aromatic rings. The number of hydrogen-bond acceptors (Lipinski definition) is 4. The molecule has 2 amide bonds. The Hall–Kier alpha value is -1.95. The average Bonchev–Trinajstić information content (AvgIpc) is 3.40. The van der Waals surface area contributed by atoms with E-state index in [0.717, 1.165) is 32.2 Å². The number of amides is 2. The molecular weight excluding hydrogens is 318 g/mol. The van der Waals surface area contributed by atoms with Crippen LogP contribution in [0.15, 0.2) is 24.5 Å². The number of ether oxygens (including phenoxy) is 1. The Labute approximate surface area is 147 Å². The number of carbonyl (C=O) groups is 2. The molecule has 0 radical (unpaired) electrons. The Morgan fingerprint density at radius 1 is 1.24 bits per heavy atom. The SMILES string of the molecule is O=C(NCC1CC1)[C@H]1CCC2(CCN(C(=O)c3cccnc3)CC2)O1. The number of rotatable bonds is 4. The highest BCUT2D eigenvalue weighted by Crippen LogP contribution is 2.39. The predicted octanol–water partition coefficient (Wildman–Crippen LogP) is 1.76. The average molecular weight is 343 g/mol. The number of piperidine rings is 1. The molecule has 134 valence electrons. The maximum atomic E-state index is 12.5. The number of nitrogens with one attached hydrogen (secondary N) is 1. The van der Waals surface area contributed by atoms with Crippen molar-refractivity contribution in [2.24, 2.45) is 5.92 Å². The molecule has 6 nitrogen and oxygen atoms in total. The van der Waals surface area contributed by atoms with Gasteiger partial charge in [-0.15, -0.1) is 0 Å². The van der Waals surface area contributed by atoms with Gasteiger partial charge >= 0.3 is 0 Å². The fourth-order valence-electron chi connectivity index (χ4n) is 3.84. The third kappa shape index (κ3) is 3.68. The second kappa shape index (κ2) is 6.75. The predicted molar refractivity (Wildman–Crippen MR) is 91.9 cm³/mol. The van der Waals surface area contributed by atoms with Crippen molar-refractivity contribution in [2.75, 3.05) is 19.6 Å². The fraction of sp³-hybridized carbons (Fsp3) is 0.632. The lowest BCUT2D eigenvalue weighted by Crippen LogP contribution is -2.47. The van der Waals surface area contributed by atoms with Crippen LogP contribution in [0.1, 0.15) is 48.9 Å². The van der Waals surface area contributed by atoms with Crippen LogP contribution in [0.5, 0.6) is 0 Å². The standard InChI is InChI=1S/C19H25N3O3/c23-17(21-12-14-3-4-14)16-5-6-19(25-16)7-10-22(11-8-19)18(24)15-2-1-9-20-13-15/h1-2,9,13-14,16H,3-8,10-12H2,(H,21,23)/t16-/m1/s1. The van der Waals surface area contributed by atoms with Crippen LogP contribution in [-0.2, 0) is 9.53 Å². The zero-order valence-electron chi connectivity index (χ0n) is 14.4. The smallest absolute Gasteiger partial charge is 0.255 e. The number of pyridine rings is 1. The van der Waals surface area contributed by atoms with Crippen molar-refractivity contribution in [1.82, 2.24) is 15.2 Å². The normalized spacial score (nSPS) is 25.1. The largest absolute Gasteiger partial charge is 0.362 e. The highest BCUT2D eigenvalue weighted by Gasteiger charge is 2.45. The van der Waals surface area contributed by atoms with E-state index in [1.165, 1.54) is 12.8 Å². The molecule has 1 aliphatic carbocycles. The molecule has 0 aromatic carbocycles. The molecule has 0 bridgehead atoms. The van der Waals surface area contributed by atoms with Crippen molar-refractivity contribution >= 4 is 11.8 Å². The molecule has 3 aliphatic rings. The van der Waals surface area contributed by atoms with E-state index >= 15 is 0 Å². The second-order valence-corrected chi connectivity index (χ2v) is 7.55. The fourth-order valence-corrected chi connectivity index (χ4v) is 3.84. The summed E-state index contributed by atoms with van der Waals surface area (Å²) in [5.41, 5.74) is 0.399.